The van der Waals surface area contributed by atoms with Gasteiger partial charge < -0.3 is 20.6 Å². The van der Waals surface area contributed by atoms with E-state index in [1.165, 1.54) is 5.69 Å². The quantitative estimate of drug-likeness (QED) is 0.798. The molecule has 1 aromatic carbocycles. The molecule has 1 fully saturated rings. The number of hydrogen-bond acceptors (Lipinski definition) is 3. The van der Waals surface area contributed by atoms with Crippen LogP contribution in [0.15, 0.2) is 30.3 Å². The Morgan fingerprint density at radius 3 is 2.43 bits per heavy atom. The second-order valence-corrected chi connectivity index (χ2v) is 7.33. The predicted molar refractivity (Wildman–Crippen MR) is 93.7 cm³/mol. The number of aliphatic hydroxyl groups is 1. The first-order chi connectivity index (χ1) is 10.9. The number of nitrogens with zero attached hydrogens (tertiary/aromatic N) is 1. The van der Waals surface area contributed by atoms with E-state index in [0.717, 1.165) is 25.9 Å². The van der Waals surface area contributed by atoms with Crippen molar-refractivity contribution in [3.63, 3.8) is 0 Å². The highest BCUT2D eigenvalue weighted by Crippen LogP contribution is 2.20. The molecular weight excluding hydrogens is 290 g/mol. The van der Waals surface area contributed by atoms with Crippen LogP contribution in [0.5, 0.6) is 0 Å². The number of carbonyl (C=O) groups is 1. The number of urea groups is 1. The van der Waals surface area contributed by atoms with Crippen LogP contribution >= 0.6 is 0 Å². The number of aliphatic hydroxyl groups excluding tert-OH is 1. The molecule has 5 nitrogen and oxygen atoms in total. The zero-order valence-corrected chi connectivity index (χ0v) is 14.4. The molecular formula is C18H29N3O2. The fraction of sp³-hybridized carbons (Fsp3) is 0.611. The Bertz CT molecular complexity index is 491. The number of amides is 2. The summed E-state index contributed by atoms with van der Waals surface area (Å²) in [7, 11) is 0. The number of para-hydroxylation sites is 1. The summed E-state index contributed by atoms with van der Waals surface area (Å²) in [6, 6.07) is 10.4. The standard InChI is InChI=1S/C18H29N3O2/c1-18(2,3)16(22)13-19-17(23)20-14-9-11-21(12-10-14)15-7-5-4-6-8-15/h4-8,14,16,22H,9-13H2,1-3H3,(H2,19,20,23). The van der Waals surface area contributed by atoms with Crippen LogP contribution in [0.25, 0.3) is 0 Å². The van der Waals surface area contributed by atoms with E-state index in [9.17, 15) is 9.90 Å². The van der Waals surface area contributed by atoms with E-state index >= 15 is 0 Å². The summed E-state index contributed by atoms with van der Waals surface area (Å²) >= 11 is 0. The Labute approximate surface area is 139 Å². The van der Waals surface area contributed by atoms with Crippen LogP contribution in [0.4, 0.5) is 10.5 Å². The lowest BCUT2D eigenvalue weighted by molar-refractivity contribution is 0.0648. The van der Waals surface area contributed by atoms with Gasteiger partial charge in [-0.2, -0.15) is 0 Å². The molecule has 1 atom stereocenters. The third-order valence-electron chi connectivity index (χ3n) is 4.41. The Morgan fingerprint density at radius 2 is 1.87 bits per heavy atom. The first-order valence-electron chi connectivity index (χ1n) is 8.38. The van der Waals surface area contributed by atoms with Crippen LogP contribution in [0.1, 0.15) is 33.6 Å². The summed E-state index contributed by atoms with van der Waals surface area (Å²) < 4.78 is 0. The van der Waals surface area contributed by atoms with Gasteiger partial charge in [0.05, 0.1) is 6.10 Å². The van der Waals surface area contributed by atoms with Crippen molar-refractivity contribution in [3.05, 3.63) is 30.3 Å². The first-order valence-corrected chi connectivity index (χ1v) is 8.38. The van der Waals surface area contributed by atoms with Crippen molar-refractivity contribution in [1.29, 1.82) is 0 Å². The number of rotatable bonds is 4. The number of anilines is 1. The topological polar surface area (TPSA) is 64.6 Å². The van der Waals surface area contributed by atoms with Gasteiger partial charge in [0, 0.05) is 31.4 Å². The highest BCUT2D eigenvalue weighted by atomic mass is 16.3. The highest BCUT2D eigenvalue weighted by molar-refractivity contribution is 5.74. The van der Waals surface area contributed by atoms with Crippen molar-refractivity contribution in [2.45, 2.75) is 45.8 Å². The summed E-state index contributed by atoms with van der Waals surface area (Å²) in [4.78, 5) is 14.3. The largest absolute Gasteiger partial charge is 0.391 e. The molecule has 0 bridgehead atoms. The van der Waals surface area contributed by atoms with Crippen LogP contribution in [0.3, 0.4) is 0 Å². The molecule has 1 unspecified atom stereocenters. The number of carbonyl (C=O) groups excluding carboxylic acids is 1. The SMILES string of the molecule is CC(C)(C)C(O)CNC(=O)NC1CCN(c2ccccc2)CC1. The molecule has 23 heavy (non-hydrogen) atoms. The van der Waals surface area contributed by atoms with Crippen LogP contribution in [0.2, 0.25) is 0 Å². The molecule has 2 rings (SSSR count). The normalized spacial score (nSPS) is 17.7. The first kappa shape index (κ1) is 17.6. The average molecular weight is 319 g/mol. The second kappa shape index (κ2) is 7.68. The fourth-order valence-corrected chi connectivity index (χ4v) is 2.65. The summed E-state index contributed by atoms with van der Waals surface area (Å²) in [6.07, 6.45) is 1.32. The van der Waals surface area contributed by atoms with E-state index < -0.39 is 6.10 Å². The lowest BCUT2D eigenvalue weighted by Crippen LogP contribution is -2.50. The number of nitrogens with one attached hydrogen (secondary N) is 2. The molecule has 1 saturated heterocycles. The number of benzene rings is 1. The minimum Gasteiger partial charge on any atom is -0.391 e. The zero-order valence-electron chi connectivity index (χ0n) is 14.4. The van der Waals surface area contributed by atoms with Crippen molar-refractivity contribution >= 4 is 11.7 Å². The van der Waals surface area contributed by atoms with Crippen molar-refractivity contribution < 1.29 is 9.90 Å². The molecule has 0 aromatic heterocycles. The third kappa shape index (κ3) is 5.43. The molecule has 1 aliphatic heterocycles. The molecule has 2 amide bonds. The maximum atomic E-state index is 11.9. The molecule has 1 aromatic rings. The Balaban J connectivity index is 1.71. The van der Waals surface area contributed by atoms with Crippen LogP contribution in [-0.2, 0) is 0 Å². The van der Waals surface area contributed by atoms with E-state index in [0.29, 0.717) is 0 Å². The Morgan fingerprint density at radius 1 is 1.26 bits per heavy atom. The molecule has 5 heteroatoms. The van der Waals surface area contributed by atoms with Crippen LogP contribution < -0.4 is 15.5 Å². The molecule has 0 saturated carbocycles. The number of piperidine rings is 1. The second-order valence-electron chi connectivity index (χ2n) is 7.33. The molecule has 3 N–H and O–H groups in total. The van der Waals surface area contributed by atoms with Crippen molar-refractivity contribution in [1.82, 2.24) is 10.6 Å². The molecule has 0 aliphatic carbocycles. The van der Waals surface area contributed by atoms with Gasteiger partial charge in [0.15, 0.2) is 0 Å². The van der Waals surface area contributed by atoms with Crippen LogP contribution in [-0.4, -0.2) is 42.9 Å². The van der Waals surface area contributed by atoms with Gasteiger partial charge in [-0.1, -0.05) is 39.0 Å². The maximum absolute atomic E-state index is 11.9. The summed E-state index contributed by atoms with van der Waals surface area (Å²) in [5, 5.41) is 15.7. The highest BCUT2D eigenvalue weighted by Gasteiger charge is 2.24. The van der Waals surface area contributed by atoms with E-state index in [-0.39, 0.29) is 24.0 Å². The van der Waals surface area contributed by atoms with Gasteiger partial charge >= 0.3 is 6.03 Å². The van der Waals surface area contributed by atoms with Gasteiger partial charge in [-0.3, -0.25) is 0 Å². The molecule has 1 aliphatic rings. The van der Waals surface area contributed by atoms with Crippen molar-refractivity contribution in [2.24, 2.45) is 5.41 Å². The van der Waals surface area contributed by atoms with E-state index in [2.05, 4.69) is 27.7 Å². The number of hydrogen-bond donors (Lipinski definition) is 3. The Hall–Kier alpha value is -1.75. The monoisotopic (exact) mass is 319 g/mol. The van der Waals surface area contributed by atoms with Crippen molar-refractivity contribution in [2.75, 3.05) is 24.5 Å². The lowest BCUT2D eigenvalue weighted by Gasteiger charge is -2.34. The van der Waals surface area contributed by atoms with E-state index in [4.69, 9.17) is 0 Å². The van der Waals surface area contributed by atoms with Crippen molar-refractivity contribution in [3.8, 4) is 0 Å². The predicted octanol–water partition coefficient (Wildman–Crippen LogP) is 2.36. The van der Waals surface area contributed by atoms with Crippen LogP contribution in [0, 0.1) is 5.41 Å². The lowest BCUT2D eigenvalue weighted by atomic mass is 9.89. The van der Waals surface area contributed by atoms with E-state index in [1.807, 2.05) is 39.0 Å². The fourth-order valence-electron chi connectivity index (χ4n) is 2.65. The summed E-state index contributed by atoms with van der Waals surface area (Å²) in [6.45, 7) is 8.03. The van der Waals surface area contributed by atoms with Gasteiger partial charge in [0.1, 0.15) is 0 Å². The molecule has 0 radical (unpaired) electrons. The minimum absolute atomic E-state index is 0.188. The maximum Gasteiger partial charge on any atom is 0.315 e. The van der Waals surface area contributed by atoms with Gasteiger partial charge in [0.2, 0.25) is 0 Å². The molecule has 0 spiro atoms. The summed E-state index contributed by atoms with van der Waals surface area (Å²) in [5.74, 6) is 0. The van der Waals surface area contributed by atoms with Gasteiger partial charge in [-0.05, 0) is 30.4 Å². The smallest absolute Gasteiger partial charge is 0.315 e. The van der Waals surface area contributed by atoms with Gasteiger partial charge in [-0.25, -0.2) is 4.79 Å². The van der Waals surface area contributed by atoms with Gasteiger partial charge in [-0.15, -0.1) is 0 Å². The third-order valence-corrected chi connectivity index (χ3v) is 4.41. The molecule has 1 heterocycles. The minimum atomic E-state index is -0.548. The summed E-state index contributed by atoms with van der Waals surface area (Å²) in [5.41, 5.74) is 1.01. The van der Waals surface area contributed by atoms with Gasteiger partial charge in [0.25, 0.3) is 0 Å². The Kier molecular flexibility index (Phi) is 5.88. The van der Waals surface area contributed by atoms with E-state index in [1.54, 1.807) is 0 Å². The molecule has 128 valence electrons. The zero-order chi connectivity index (χ0) is 16.9. The average Bonchev–Trinajstić information content (AvgIpc) is 2.53.